The summed E-state index contributed by atoms with van der Waals surface area (Å²) >= 11 is 0. The van der Waals surface area contributed by atoms with Crippen LogP contribution in [0.4, 0.5) is 0 Å². The molecule has 0 aromatic carbocycles. The molecule has 0 fully saturated rings. The third-order valence-electron chi connectivity index (χ3n) is 4.28. The van der Waals surface area contributed by atoms with Gasteiger partial charge in [0.25, 0.3) is 0 Å². The lowest BCUT2D eigenvalue weighted by molar-refractivity contribution is -0.696. The third kappa shape index (κ3) is 9.17. The molecule has 116 valence electrons. The number of unbranched alkanes of at least 4 members (excludes halogenated alkanes) is 8. The summed E-state index contributed by atoms with van der Waals surface area (Å²) in [7, 11) is 0. The molecule has 0 spiro atoms. The molecule has 0 amide bonds. The second-order valence-corrected chi connectivity index (χ2v) is 6.36. The lowest BCUT2D eigenvalue weighted by Gasteiger charge is -2.09. The predicted molar refractivity (Wildman–Crippen MR) is 86.6 cm³/mol. The average Bonchev–Trinajstić information content (AvgIpc) is 2.96. The monoisotopic (exact) mass is 279 g/mol. The number of nitrogens with zero attached hydrogens (tertiary/aromatic N) is 1. The number of aryl methyl sites for hydroxylation is 1. The second-order valence-electron chi connectivity index (χ2n) is 6.36. The molecule has 0 aliphatic carbocycles. The van der Waals surface area contributed by atoms with Crippen LogP contribution in [0.2, 0.25) is 0 Å². The minimum Gasteiger partial charge on any atom is -0.250 e. The van der Waals surface area contributed by atoms with Crippen molar-refractivity contribution in [1.82, 2.24) is 4.98 Å². The van der Waals surface area contributed by atoms with Crippen LogP contribution < -0.4 is 4.57 Å². The highest BCUT2D eigenvalue weighted by Gasteiger charge is 2.04. The van der Waals surface area contributed by atoms with Gasteiger partial charge in [0.2, 0.25) is 6.33 Å². The van der Waals surface area contributed by atoms with Crippen LogP contribution in [-0.2, 0) is 6.54 Å². The quantitative estimate of drug-likeness (QED) is 0.376. The molecule has 1 aromatic rings. The van der Waals surface area contributed by atoms with Gasteiger partial charge >= 0.3 is 0 Å². The highest BCUT2D eigenvalue weighted by atomic mass is 15.0. The molecule has 1 aromatic heterocycles. The Morgan fingerprint density at radius 3 is 2.15 bits per heavy atom. The van der Waals surface area contributed by atoms with Crippen molar-refractivity contribution >= 4 is 0 Å². The maximum atomic E-state index is 3.10. The maximum absolute atomic E-state index is 3.10. The summed E-state index contributed by atoms with van der Waals surface area (Å²) in [5.74, 6) is 0.863. The van der Waals surface area contributed by atoms with Crippen LogP contribution in [0, 0.1) is 5.92 Å². The van der Waals surface area contributed by atoms with Gasteiger partial charge in [-0.25, -0.2) is 4.57 Å². The average molecular weight is 279 g/mol. The number of rotatable bonds is 13. The molecule has 1 heterocycles. The van der Waals surface area contributed by atoms with E-state index < -0.39 is 0 Å². The van der Waals surface area contributed by atoms with Crippen LogP contribution in [0.3, 0.4) is 0 Å². The number of hydrogen-bond acceptors (Lipinski definition) is 0. The summed E-state index contributed by atoms with van der Waals surface area (Å²) in [5, 5.41) is 0. The Morgan fingerprint density at radius 2 is 1.55 bits per heavy atom. The van der Waals surface area contributed by atoms with E-state index in [-0.39, 0.29) is 0 Å². The van der Waals surface area contributed by atoms with Gasteiger partial charge in [-0.15, -0.1) is 0 Å². The molecular formula is C18H35N2+. The zero-order valence-electron chi connectivity index (χ0n) is 13.7. The van der Waals surface area contributed by atoms with Gasteiger partial charge in [-0.3, -0.25) is 4.98 Å². The van der Waals surface area contributed by atoms with E-state index >= 15 is 0 Å². The predicted octanol–water partition coefficient (Wildman–Crippen LogP) is 5.25. The Hall–Kier alpha value is -0.790. The van der Waals surface area contributed by atoms with Gasteiger partial charge in [-0.1, -0.05) is 78.1 Å². The first-order chi connectivity index (χ1) is 9.83. The molecule has 1 atom stereocenters. The molecule has 1 rings (SSSR count). The molecule has 0 aliphatic rings. The van der Waals surface area contributed by atoms with E-state index in [9.17, 15) is 0 Å². The van der Waals surface area contributed by atoms with Gasteiger partial charge in [-0.05, 0) is 12.3 Å². The molecule has 0 aliphatic heterocycles. The minimum atomic E-state index is 0.863. The van der Waals surface area contributed by atoms with E-state index in [1.807, 2.05) is 12.5 Å². The highest BCUT2D eigenvalue weighted by Crippen LogP contribution is 2.15. The van der Waals surface area contributed by atoms with Crippen LogP contribution in [0.15, 0.2) is 18.7 Å². The first-order valence-corrected chi connectivity index (χ1v) is 8.84. The van der Waals surface area contributed by atoms with Gasteiger partial charge in [0.1, 0.15) is 12.4 Å². The lowest BCUT2D eigenvalue weighted by Crippen LogP contribution is -2.31. The SMILES string of the molecule is CCCCCCCCCCCC(C)CC[n+]1cc[nH]c1. The largest absolute Gasteiger partial charge is 0.250 e. The fourth-order valence-corrected chi connectivity index (χ4v) is 2.78. The Labute approximate surface area is 126 Å². The molecule has 0 radical (unpaired) electrons. The molecule has 2 heteroatoms. The molecule has 1 unspecified atom stereocenters. The normalized spacial score (nSPS) is 12.7. The highest BCUT2D eigenvalue weighted by molar-refractivity contribution is 4.57. The Balaban J connectivity index is 1.83. The van der Waals surface area contributed by atoms with Crippen molar-refractivity contribution in [3.63, 3.8) is 0 Å². The smallest absolute Gasteiger partial charge is 0.241 e. The Bertz CT molecular complexity index is 292. The Morgan fingerprint density at radius 1 is 0.900 bits per heavy atom. The van der Waals surface area contributed by atoms with Crippen molar-refractivity contribution in [1.29, 1.82) is 0 Å². The summed E-state index contributed by atoms with van der Waals surface area (Å²) in [5.41, 5.74) is 0. The summed E-state index contributed by atoms with van der Waals surface area (Å²) in [6, 6.07) is 0. The number of imidazole rings is 1. The summed E-state index contributed by atoms with van der Waals surface area (Å²) in [6.07, 6.45) is 21.8. The van der Waals surface area contributed by atoms with Gasteiger partial charge in [0.05, 0.1) is 6.54 Å². The number of nitrogens with one attached hydrogen (secondary N) is 1. The number of aromatic nitrogens is 2. The van der Waals surface area contributed by atoms with Gasteiger partial charge in [0.15, 0.2) is 0 Å². The summed E-state index contributed by atoms with van der Waals surface area (Å²) < 4.78 is 2.24. The molecule has 0 saturated heterocycles. The lowest BCUT2D eigenvalue weighted by atomic mass is 9.99. The van der Waals surface area contributed by atoms with Gasteiger partial charge in [0, 0.05) is 0 Å². The standard InChI is InChI=1S/C18H34N2/c1-3-4-5-6-7-8-9-10-11-12-18(2)13-15-20-16-14-19-17-20/h14,16-18H,3-13,15H2,1-2H3/p+1. The van der Waals surface area contributed by atoms with E-state index in [0.717, 1.165) is 12.5 Å². The van der Waals surface area contributed by atoms with Gasteiger partial charge in [-0.2, -0.15) is 0 Å². The van der Waals surface area contributed by atoms with Crippen LogP contribution in [0.1, 0.15) is 84.5 Å². The first kappa shape index (κ1) is 17.3. The van der Waals surface area contributed by atoms with Crippen molar-refractivity contribution < 1.29 is 4.57 Å². The summed E-state index contributed by atoms with van der Waals surface area (Å²) in [4.78, 5) is 3.10. The maximum Gasteiger partial charge on any atom is 0.241 e. The van der Waals surface area contributed by atoms with E-state index in [4.69, 9.17) is 0 Å². The van der Waals surface area contributed by atoms with Crippen molar-refractivity contribution in [2.75, 3.05) is 0 Å². The van der Waals surface area contributed by atoms with Gasteiger partial charge < -0.3 is 0 Å². The van der Waals surface area contributed by atoms with E-state index in [1.165, 1.54) is 70.6 Å². The first-order valence-electron chi connectivity index (χ1n) is 8.84. The zero-order chi connectivity index (χ0) is 14.5. The third-order valence-corrected chi connectivity index (χ3v) is 4.28. The van der Waals surface area contributed by atoms with Crippen molar-refractivity contribution in [3.05, 3.63) is 18.7 Å². The Kier molecular flexibility index (Phi) is 10.3. The van der Waals surface area contributed by atoms with Crippen molar-refractivity contribution in [3.8, 4) is 0 Å². The molecule has 0 bridgehead atoms. The topological polar surface area (TPSA) is 19.7 Å². The fourth-order valence-electron chi connectivity index (χ4n) is 2.78. The number of aromatic amines is 1. The minimum absolute atomic E-state index is 0.863. The molecular weight excluding hydrogens is 244 g/mol. The van der Waals surface area contributed by atoms with Crippen LogP contribution in [0.25, 0.3) is 0 Å². The second kappa shape index (κ2) is 12.0. The number of H-pyrrole nitrogens is 1. The van der Waals surface area contributed by atoms with E-state index in [1.54, 1.807) is 0 Å². The molecule has 20 heavy (non-hydrogen) atoms. The van der Waals surface area contributed by atoms with Crippen LogP contribution in [0.5, 0.6) is 0 Å². The zero-order valence-corrected chi connectivity index (χ0v) is 13.7. The van der Waals surface area contributed by atoms with Crippen molar-refractivity contribution in [2.45, 2.75) is 91.0 Å². The molecule has 1 N–H and O–H groups in total. The van der Waals surface area contributed by atoms with E-state index in [2.05, 4.69) is 29.6 Å². The van der Waals surface area contributed by atoms with Crippen molar-refractivity contribution in [2.24, 2.45) is 5.92 Å². The molecule has 2 nitrogen and oxygen atoms in total. The van der Waals surface area contributed by atoms with Crippen LogP contribution in [-0.4, -0.2) is 4.98 Å². The fraction of sp³-hybridized carbons (Fsp3) is 0.833. The number of hydrogen-bond donors (Lipinski definition) is 1. The van der Waals surface area contributed by atoms with Crippen LogP contribution >= 0.6 is 0 Å². The summed E-state index contributed by atoms with van der Waals surface area (Å²) in [6.45, 7) is 5.84. The molecule has 0 saturated carbocycles. The van der Waals surface area contributed by atoms with E-state index in [0.29, 0.717) is 0 Å².